The molecule has 0 radical (unpaired) electrons. The van der Waals surface area contributed by atoms with Crippen molar-refractivity contribution in [3.63, 3.8) is 0 Å². The number of hydrogen-bond acceptors (Lipinski definition) is 6. The highest BCUT2D eigenvalue weighted by molar-refractivity contribution is 5.91. The summed E-state index contributed by atoms with van der Waals surface area (Å²) >= 11 is 0. The highest BCUT2D eigenvalue weighted by Crippen LogP contribution is 2.35. The predicted octanol–water partition coefficient (Wildman–Crippen LogP) is 4.51. The predicted molar refractivity (Wildman–Crippen MR) is 149 cm³/mol. The van der Waals surface area contributed by atoms with Crippen molar-refractivity contribution < 1.29 is 14.3 Å². The minimum absolute atomic E-state index is 0.103. The SMILES string of the molecule is COc1cccc(CNC(=O)COc2ccn3nc(-c4ccccc4)c(-c4ccc(=O)n(C(C)C)n4)c3c2)c1. The van der Waals surface area contributed by atoms with E-state index < -0.39 is 0 Å². The Labute approximate surface area is 225 Å². The molecular weight excluding hydrogens is 494 g/mol. The Morgan fingerprint density at radius 3 is 2.54 bits per heavy atom. The van der Waals surface area contributed by atoms with E-state index in [1.807, 2.05) is 74.5 Å². The van der Waals surface area contributed by atoms with Gasteiger partial charge in [0.1, 0.15) is 17.2 Å². The van der Waals surface area contributed by atoms with Crippen molar-refractivity contribution in [2.24, 2.45) is 0 Å². The number of nitrogens with one attached hydrogen (secondary N) is 1. The van der Waals surface area contributed by atoms with Crippen molar-refractivity contribution in [1.82, 2.24) is 24.7 Å². The third-order valence-corrected chi connectivity index (χ3v) is 6.22. The summed E-state index contributed by atoms with van der Waals surface area (Å²) in [5, 5.41) is 12.3. The molecule has 0 saturated carbocycles. The number of rotatable bonds is 9. The maximum Gasteiger partial charge on any atom is 0.267 e. The maximum atomic E-state index is 12.5. The van der Waals surface area contributed by atoms with Crippen LogP contribution in [0.3, 0.4) is 0 Å². The van der Waals surface area contributed by atoms with Crippen LogP contribution in [0.25, 0.3) is 28.0 Å². The van der Waals surface area contributed by atoms with E-state index >= 15 is 0 Å². The Balaban J connectivity index is 1.43. The standard InChI is InChI=1S/C30H29N5O4/c1-20(2)35-28(37)13-12-25(32-35)29-26-17-24(14-15-34(26)33-30(29)22-9-5-4-6-10-22)39-19-27(36)31-18-21-8-7-11-23(16-21)38-3/h4-17,20H,18-19H2,1-3H3,(H,31,36). The van der Waals surface area contributed by atoms with Gasteiger partial charge in [0.15, 0.2) is 6.61 Å². The average Bonchev–Trinajstić information content (AvgIpc) is 3.34. The molecule has 0 saturated heterocycles. The minimum atomic E-state index is -0.248. The molecule has 0 aliphatic carbocycles. The number of pyridine rings is 1. The highest BCUT2D eigenvalue weighted by atomic mass is 16.5. The van der Waals surface area contributed by atoms with Crippen LogP contribution in [0.15, 0.2) is 89.9 Å². The Morgan fingerprint density at radius 2 is 1.77 bits per heavy atom. The first-order chi connectivity index (χ1) is 18.9. The summed E-state index contributed by atoms with van der Waals surface area (Å²) in [6.07, 6.45) is 1.78. The van der Waals surface area contributed by atoms with Gasteiger partial charge < -0.3 is 14.8 Å². The molecule has 2 aromatic carbocycles. The summed E-state index contributed by atoms with van der Waals surface area (Å²) in [7, 11) is 1.61. The molecule has 0 aliphatic rings. The van der Waals surface area contributed by atoms with E-state index in [0.717, 1.165) is 33.7 Å². The lowest BCUT2D eigenvalue weighted by Crippen LogP contribution is -2.28. The molecule has 9 heteroatoms. The molecule has 3 heterocycles. The molecule has 5 aromatic rings. The summed E-state index contributed by atoms with van der Waals surface area (Å²) < 4.78 is 14.3. The summed E-state index contributed by atoms with van der Waals surface area (Å²) in [5.74, 6) is 0.995. The van der Waals surface area contributed by atoms with Gasteiger partial charge in [0, 0.05) is 30.4 Å². The molecule has 1 N–H and O–H groups in total. The topological polar surface area (TPSA) is 99.8 Å². The summed E-state index contributed by atoms with van der Waals surface area (Å²) in [5.41, 5.74) is 4.52. The van der Waals surface area contributed by atoms with Crippen molar-refractivity contribution >= 4 is 11.4 Å². The van der Waals surface area contributed by atoms with Crippen LogP contribution in [0.1, 0.15) is 25.5 Å². The molecule has 5 rings (SSSR count). The third-order valence-electron chi connectivity index (χ3n) is 6.22. The summed E-state index contributed by atoms with van der Waals surface area (Å²) in [6, 6.07) is 24.0. The third kappa shape index (κ3) is 5.67. The molecule has 0 aliphatic heterocycles. The fraction of sp³-hybridized carbons (Fsp3) is 0.200. The first-order valence-corrected chi connectivity index (χ1v) is 12.6. The molecular formula is C30H29N5O4. The number of carbonyl (C=O) groups is 1. The van der Waals surface area contributed by atoms with E-state index in [9.17, 15) is 9.59 Å². The van der Waals surface area contributed by atoms with Gasteiger partial charge in [-0.1, -0.05) is 42.5 Å². The number of carbonyl (C=O) groups excluding carboxylic acids is 1. The lowest BCUT2D eigenvalue weighted by atomic mass is 10.0. The van der Waals surface area contributed by atoms with Crippen LogP contribution in [0, 0.1) is 0 Å². The molecule has 3 aromatic heterocycles. The van der Waals surface area contributed by atoms with Gasteiger partial charge in [-0.2, -0.15) is 10.2 Å². The Morgan fingerprint density at radius 1 is 0.949 bits per heavy atom. The second kappa shape index (κ2) is 11.2. The second-order valence-electron chi connectivity index (χ2n) is 9.29. The monoisotopic (exact) mass is 523 g/mol. The fourth-order valence-electron chi connectivity index (χ4n) is 4.28. The molecule has 1 amide bonds. The second-order valence-corrected chi connectivity index (χ2v) is 9.29. The van der Waals surface area contributed by atoms with E-state index in [1.165, 1.54) is 10.7 Å². The molecule has 0 fully saturated rings. The molecule has 198 valence electrons. The zero-order chi connectivity index (χ0) is 27.4. The smallest absolute Gasteiger partial charge is 0.267 e. The van der Waals surface area contributed by atoms with E-state index in [1.54, 1.807) is 30.0 Å². The molecule has 0 bridgehead atoms. The molecule has 39 heavy (non-hydrogen) atoms. The van der Waals surface area contributed by atoms with E-state index in [0.29, 0.717) is 18.0 Å². The van der Waals surface area contributed by atoms with Crippen molar-refractivity contribution in [2.75, 3.05) is 13.7 Å². The van der Waals surface area contributed by atoms with E-state index in [4.69, 9.17) is 14.6 Å². The van der Waals surface area contributed by atoms with Crippen LogP contribution < -0.4 is 20.3 Å². The normalized spacial score (nSPS) is 11.1. The lowest BCUT2D eigenvalue weighted by molar-refractivity contribution is -0.123. The Kier molecular flexibility index (Phi) is 7.40. The Bertz CT molecular complexity index is 1670. The zero-order valence-electron chi connectivity index (χ0n) is 22.0. The van der Waals surface area contributed by atoms with Crippen LogP contribution in [-0.2, 0) is 11.3 Å². The molecule has 0 atom stereocenters. The number of ether oxygens (including phenoxy) is 2. The van der Waals surface area contributed by atoms with Gasteiger partial charge in [-0.05, 0) is 43.7 Å². The number of fused-ring (bicyclic) bond motifs is 1. The van der Waals surface area contributed by atoms with Crippen LogP contribution in [0.2, 0.25) is 0 Å². The quantitative estimate of drug-likeness (QED) is 0.305. The van der Waals surface area contributed by atoms with E-state index in [-0.39, 0.29) is 24.1 Å². The Hall–Kier alpha value is -4.92. The minimum Gasteiger partial charge on any atom is -0.497 e. The maximum absolute atomic E-state index is 12.5. The fourth-order valence-corrected chi connectivity index (χ4v) is 4.28. The number of methoxy groups -OCH3 is 1. The number of hydrogen-bond donors (Lipinski definition) is 1. The van der Waals surface area contributed by atoms with Crippen molar-refractivity contribution in [2.45, 2.75) is 26.4 Å². The first-order valence-electron chi connectivity index (χ1n) is 12.6. The van der Waals surface area contributed by atoms with Gasteiger partial charge in [0.25, 0.3) is 11.5 Å². The van der Waals surface area contributed by atoms with Crippen LogP contribution in [0.5, 0.6) is 11.5 Å². The van der Waals surface area contributed by atoms with Crippen molar-refractivity contribution in [3.8, 4) is 34.0 Å². The van der Waals surface area contributed by atoms with Crippen LogP contribution in [0.4, 0.5) is 0 Å². The highest BCUT2D eigenvalue weighted by Gasteiger charge is 2.20. The van der Waals surface area contributed by atoms with Crippen LogP contribution >= 0.6 is 0 Å². The van der Waals surface area contributed by atoms with Gasteiger partial charge >= 0.3 is 0 Å². The van der Waals surface area contributed by atoms with Crippen molar-refractivity contribution in [1.29, 1.82) is 0 Å². The zero-order valence-corrected chi connectivity index (χ0v) is 22.0. The van der Waals surface area contributed by atoms with Crippen molar-refractivity contribution in [3.05, 3.63) is 101 Å². The van der Waals surface area contributed by atoms with Gasteiger partial charge in [-0.15, -0.1) is 0 Å². The van der Waals surface area contributed by atoms with Gasteiger partial charge in [0.05, 0.1) is 29.9 Å². The number of aromatic nitrogens is 4. The average molecular weight is 524 g/mol. The van der Waals surface area contributed by atoms with Gasteiger partial charge in [-0.25, -0.2) is 9.20 Å². The van der Waals surface area contributed by atoms with Gasteiger partial charge in [0.2, 0.25) is 0 Å². The summed E-state index contributed by atoms with van der Waals surface area (Å²) in [4.78, 5) is 24.9. The number of amides is 1. The van der Waals surface area contributed by atoms with E-state index in [2.05, 4.69) is 10.4 Å². The molecule has 9 nitrogen and oxygen atoms in total. The lowest BCUT2D eigenvalue weighted by Gasteiger charge is -2.11. The van der Waals surface area contributed by atoms with Gasteiger partial charge in [-0.3, -0.25) is 9.59 Å². The first kappa shape index (κ1) is 25.7. The number of benzene rings is 2. The number of nitrogens with zero attached hydrogens (tertiary/aromatic N) is 4. The summed E-state index contributed by atoms with van der Waals surface area (Å²) in [6.45, 7) is 4.05. The molecule has 0 unspecified atom stereocenters. The molecule has 0 spiro atoms. The van der Waals surface area contributed by atoms with Crippen LogP contribution in [-0.4, -0.2) is 39.0 Å². The largest absolute Gasteiger partial charge is 0.497 e.